The minimum atomic E-state index is 0.932. The Morgan fingerprint density at radius 1 is 1.07 bits per heavy atom. The largest absolute Gasteiger partial charge is 0.381 e. The molecule has 2 fully saturated rings. The summed E-state index contributed by atoms with van der Waals surface area (Å²) >= 11 is 0. The molecule has 0 saturated heterocycles. The van der Waals surface area contributed by atoms with Crippen molar-refractivity contribution in [1.29, 1.82) is 0 Å². The molecule has 0 aliphatic heterocycles. The summed E-state index contributed by atoms with van der Waals surface area (Å²) in [4.78, 5) is 0. The van der Waals surface area contributed by atoms with Crippen LogP contribution in [0.25, 0.3) is 0 Å². The van der Waals surface area contributed by atoms with E-state index in [1.54, 1.807) is 0 Å². The maximum Gasteiger partial charge on any atom is 0.0494 e. The smallest absolute Gasteiger partial charge is 0.0494 e. The van der Waals surface area contributed by atoms with Crippen LogP contribution in [0.4, 0.5) is 0 Å². The summed E-state index contributed by atoms with van der Waals surface area (Å²) in [5, 5.41) is 0. The molecule has 0 aromatic rings. The number of hydrogen-bond acceptors (Lipinski definition) is 1. The summed E-state index contributed by atoms with van der Waals surface area (Å²) in [6, 6.07) is 0. The zero-order valence-electron chi connectivity index (χ0n) is 10.2. The Hall–Kier alpha value is -0.0400. The molecule has 2 atom stereocenters. The lowest BCUT2D eigenvalue weighted by Crippen LogP contribution is -1.98. The fourth-order valence-electron chi connectivity index (χ4n) is 2.30. The lowest BCUT2D eigenvalue weighted by molar-refractivity contribution is 0.120. The second-order valence-electron chi connectivity index (χ2n) is 5.69. The van der Waals surface area contributed by atoms with Gasteiger partial charge in [0.05, 0.1) is 0 Å². The lowest BCUT2D eigenvalue weighted by atomic mass is 10.1. The van der Waals surface area contributed by atoms with E-state index in [4.69, 9.17) is 4.74 Å². The van der Waals surface area contributed by atoms with Crippen LogP contribution in [0.15, 0.2) is 0 Å². The predicted octanol–water partition coefficient (Wildman–Crippen LogP) is 4.02. The number of hydrogen-bond donors (Lipinski definition) is 0. The quantitative estimate of drug-likeness (QED) is 0.522. The van der Waals surface area contributed by atoms with Gasteiger partial charge in [-0.2, -0.15) is 0 Å². The number of ether oxygens (including phenoxy) is 1. The second-order valence-corrected chi connectivity index (χ2v) is 5.69. The van der Waals surface area contributed by atoms with Crippen molar-refractivity contribution in [2.24, 2.45) is 17.8 Å². The van der Waals surface area contributed by atoms with Gasteiger partial charge in [-0.05, 0) is 43.4 Å². The van der Waals surface area contributed by atoms with E-state index in [0.29, 0.717) is 0 Å². The first-order valence-electron chi connectivity index (χ1n) is 6.94. The summed E-state index contributed by atoms with van der Waals surface area (Å²) in [6.45, 7) is 4.44. The summed E-state index contributed by atoms with van der Waals surface area (Å²) in [6.07, 6.45) is 11.4. The van der Waals surface area contributed by atoms with Gasteiger partial charge in [-0.1, -0.05) is 32.6 Å². The fraction of sp³-hybridized carbons (Fsp3) is 1.00. The van der Waals surface area contributed by atoms with Gasteiger partial charge in [-0.15, -0.1) is 0 Å². The average molecular weight is 210 g/mol. The Balaban J connectivity index is 1.27. The van der Waals surface area contributed by atoms with Crippen molar-refractivity contribution in [3.63, 3.8) is 0 Å². The molecule has 0 aromatic heterocycles. The standard InChI is InChI=1S/C14H26O/c1-12-10-14(12)6-4-2-3-5-9-15-11-13-7-8-13/h12-14H,2-11H2,1H3. The Morgan fingerprint density at radius 2 is 1.80 bits per heavy atom. The zero-order chi connectivity index (χ0) is 10.5. The molecule has 0 bridgehead atoms. The molecule has 88 valence electrons. The van der Waals surface area contributed by atoms with Crippen LogP contribution in [0.1, 0.15) is 58.3 Å². The molecule has 1 heteroatoms. The first-order chi connectivity index (χ1) is 7.36. The molecular formula is C14H26O. The van der Waals surface area contributed by atoms with Crippen LogP contribution in [0.3, 0.4) is 0 Å². The van der Waals surface area contributed by atoms with Crippen LogP contribution < -0.4 is 0 Å². The molecule has 0 radical (unpaired) electrons. The predicted molar refractivity (Wildman–Crippen MR) is 63.9 cm³/mol. The van der Waals surface area contributed by atoms with Crippen LogP contribution in [0.2, 0.25) is 0 Å². The summed E-state index contributed by atoms with van der Waals surface area (Å²) in [5.74, 6) is 3.07. The van der Waals surface area contributed by atoms with Gasteiger partial charge in [0.25, 0.3) is 0 Å². The minimum absolute atomic E-state index is 0.932. The van der Waals surface area contributed by atoms with Gasteiger partial charge >= 0.3 is 0 Å². The van der Waals surface area contributed by atoms with Gasteiger partial charge in [0.2, 0.25) is 0 Å². The Labute approximate surface area is 94.6 Å². The fourth-order valence-corrected chi connectivity index (χ4v) is 2.30. The number of unbranched alkanes of at least 4 members (excludes halogenated alkanes) is 3. The maximum atomic E-state index is 5.61. The van der Waals surface area contributed by atoms with Crippen molar-refractivity contribution >= 4 is 0 Å². The van der Waals surface area contributed by atoms with Gasteiger partial charge in [0.1, 0.15) is 0 Å². The Bertz CT molecular complexity index is 174. The van der Waals surface area contributed by atoms with Crippen LogP contribution in [0, 0.1) is 17.8 Å². The third-order valence-corrected chi connectivity index (χ3v) is 3.94. The van der Waals surface area contributed by atoms with Crippen molar-refractivity contribution in [1.82, 2.24) is 0 Å². The van der Waals surface area contributed by atoms with Crippen LogP contribution in [-0.4, -0.2) is 13.2 Å². The second kappa shape index (κ2) is 5.89. The van der Waals surface area contributed by atoms with Gasteiger partial charge < -0.3 is 4.74 Å². The van der Waals surface area contributed by atoms with E-state index in [-0.39, 0.29) is 0 Å². The highest BCUT2D eigenvalue weighted by Gasteiger charge is 2.31. The first kappa shape index (κ1) is 11.4. The van der Waals surface area contributed by atoms with E-state index >= 15 is 0 Å². The van der Waals surface area contributed by atoms with Crippen LogP contribution >= 0.6 is 0 Å². The molecule has 0 N–H and O–H groups in total. The van der Waals surface area contributed by atoms with Crippen molar-refractivity contribution < 1.29 is 4.74 Å². The van der Waals surface area contributed by atoms with Crippen molar-refractivity contribution in [2.45, 2.75) is 58.3 Å². The molecule has 1 nitrogen and oxygen atoms in total. The number of rotatable bonds is 9. The summed E-state index contributed by atoms with van der Waals surface area (Å²) < 4.78 is 5.61. The molecular weight excluding hydrogens is 184 g/mol. The monoisotopic (exact) mass is 210 g/mol. The maximum absolute atomic E-state index is 5.61. The highest BCUT2D eigenvalue weighted by atomic mass is 16.5. The van der Waals surface area contributed by atoms with Crippen LogP contribution in [-0.2, 0) is 4.74 Å². The molecule has 2 aliphatic rings. The lowest BCUT2D eigenvalue weighted by Gasteiger charge is -2.03. The van der Waals surface area contributed by atoms with Crippen molar-refractivity contribution in [3.05, 3.63) is 0 Å². The van der Waals surface area contributed by atoms with Crippen LogP contribution in [0.5, 0.6) is 0 Å². The summed E-state index contributed by atoms with van der Waals surface area (Å²) in [7, 11) is 0. The van der Waals surface area contributed by atoms with E-state index in [1.807, 2.05) is 0 Å². The molecule has 0 aromatic carbocycles. The minimum Gasteiger partial charge on any atom is -0.381 e. The van der Waals surface area contributed by atoms with Gasteiger partial charge in [0, 0.05) is 13.2 Å². The first-order valence-corrected chi connectivity index (χ1v) is 6.94. The average Bonchev–Trinajstić information content (AvgIpc) is 3.10. The molecule has 2 rings (SSSR count). The normalized spacial score (nSPS) is 29.4. The topological polar surface area (TPSA) is 9.23 Å². The molecule has 0 amide bonds. The molecule has 0 heterocycles. The Morgan fingerprint density at radius 3 is 2.47 bits per heavy atom. The van der Waals surface area contributed by atoms with Crippen molar-refractivity contribution in [3.8, 4) is 0 Å². The van der Waals surface area contributed by atoms with Crippen molar-refractivity contribution in [2.75, 3.05) is 13.2 Å². The molecule has 15 heavy (non-hydrogen) atoms. The SMILES string of the molecule is CC1CC1CCCCCCOCC1CC1. The third-order valence-electron chi connectivity index (χ3n) is 3.94. The molecule has 2 aliphatic carbocycles. The highest BCUT2D eigenvalue weighted by Crippen LogP contribution is 2.41. The van der Waals surface area contributed by atoms with E-state index in [2.05, 4.69) is 6.92 Å². The molecule has 0 spiro atoms. The van der Waals surface area contributed by atoms with E-state index in [9.17, 15) is 0 Å². The van der Waals surface area contributed by atoms with Gasteiger partial charge in [0.15, 0.2) is 0 Å². The Kier molecular flexibility index (Phi) is 4.49. The van der Waals surface area contributed by atoms with E-state index < -0.39 is 0 Å². The molecule has 2 saturated carbocycles. The van der Waals surface area contributed by atoms with E-state index in [1.165, 1.54) is 51.4 Å². The zero-order valence-corrected chi connectivity index (χ0v) is 10.2. The van der Waals surface area contributed by atoms with Gasteiger partial charge in [-0.25, -0.2) is 0 Å². The highest BCUT2D eigenvalue weighted by molar-refractivity contribution is 4.81. The third kappa shape index (κ3) is 5.01. The van der Waals surface area contributed by atoms with Gasteiger partial charge in [-0.3, -0.25) is 0 Å². The molecule has 2 unspecified atom stereocenters. The summed E-state index contributed by atoms with van der Waals surface area (Å²) in [5.41, 5.74) is 0. The van der Waals surface area contributed by atoms with E-state index in [0.717, 1.165) is 31.0 Å².